The van der Waals surface area contributed by atoms with Crippen molar-refractivity contribution in [2.45, 2.75) is 51.5 Å². The number of nitrogens with zero attached hydrogens (tertiary/aromatic N) is 4. The zero-order valence-corrected chi connectivity index (χ0v) is 19.8. The molecule has 0 bridgehead atoms. The van der Waals surface area contributed by atoms with Crippen LogP contribution in [-0.4, -0.2) is 47.1 Å². The van der Waals surface area contributed by atoms with Crippen LogP contribution in [0.3, 0.4) is 0 Å². The van der Waals surface area contributed by atoms with Crippen LogP contribution in [0.1, 0.15) is 49.9 Å². The lowest BCUT2D eigenvalue weighted by atomic mass is 9.73. The molecule has 1 saturated heterocycles. The number of hydrogen-bond acceptors (Lipinski definition) is 2. The minimum Gasteiger partial charge on any atom is -0.356 e. The van der Waals surface area contributed by atoms with Crippen molar-refractivity contribution in [3.63, 3.8) is 0 Å². The summed E-state index contributed by atoms with van der Waals surface area (Å²) in [5.41, 5.74) is 1.86. The SMILES string of the molecule is CN=C(NCCc1nccn1Cc1ccccc1)N1CCC2(CCCCC2)C1.I. The number of benzene rings is 1. The second-order valence-electron chi connectivity index (χ2n) is 8.41. The van der Waals surface area contributed by atoms with Gasteiger partial charge in [0.05, 0.1) is 0 Å². The highest BCUT2D eigenvalue weighted by atomic mass is 127. The molecule has 2 aliphatic rings. The monoisotopic (exact) mass is 507 g/mol. The molecule has 2 fully saturated rings. The summed E-state index contributed by atoms with van der Waals surface area (Å²) in [5, 5.41) is 3.59. The predicted octanol–water partition coefficient (Wildman–Crippen LogP) is 4.32. The molecule has 0 unspecified atom stereocenters. The molecule has 6 heteroatoms. The fraction of sp³-hybridized carbons (Fsp3) is 0.565. The van der Waals surface area contributed by atoms with Gasteiger partial charge in [-0.2, -0.15) is 0 Å². The van der Waals surface area contributed by atoms with E-state index in [9.17, 15) is 0 Å². The molecule has 1 aliphatic heterocycles. The molecule has 5 nitrogen and oxygen atoms in total. The van der Waals surface area contributed by atoms with Crippen LogP contribution >= 0.6 is 24.0 Å². The smallest absolute Gasteiger partial charge is 0.193 e. The zero-order chi connectivity index (χ0) is 19.2. The van der Waals surface area contributed by atoms with Crippen LogP contribution in [0.15, 0.2) is 47.7 Å². The van der Waals surface area contributed by atoms with E-state index in [0.717, 1.165) is 37.8 Å². The molecule has 2 heterocycles. The summed E-state index contributed by atoms with van der Waals surface area (Å²) in [4.78, 5) is 11.6. The van der Waals surface area contributed by atoms with Gasteiger partial charge in [-0.25, -0.2) is 4.98 Å². The van der Waals surface area contributed by atoms with Crippen LogP contribution in [0.25, 0.3) is 0 Å². The van der Waals surface area contributed by atoms with Crippen molar-refractivity contribution in [3.8, 4) is 0 Å². The lowest BCUT2D eigenvalue weighted by Gasteiger charge is -2.33. The molecule has 1 saturated carbocycles. The Morgan fingerprint density at radius 3 is 2.69 bits per heavy atom. The molecular formula is C23H34IN5. The van der Waals surface area contributed by atoms with Crippen molar-refractivity contribution in [3.05, 3.63) is 54.1 Å². The standard InChI is InChI=1S/C23H33N5.HI/c1-24-22(28-16-13-23(19-28)11-6-3-7-12-23)26-14-10-21-25-15-17-27(21)18-20-8-4-2-5-9-20;/h2,4-5,8-9,15,17H,3,6-7,10-14,16,18-19H2,1H3,(H,24,26);1H. The summed E-state index contributed by atoms with van der Waals surface area (Å²) < 4.78 is 2.24. The second kappa shape index (κ2) is 10.5. The summed E-state index contributed by atoms with van der Waals surface area (Å²) in [5.74, 6) is 2.18. The van der Waals surface area contributed by atoms with Crippen LogP contribution in [-0.2, 0) is 13.0 Å². The van der Waals surface area contributed by atoms with Crippen molar-refractivity contribution in [2.24, 2.45) is 10.4 Å². The minimum absolute atomic E-state index is 0. The Morgan fingerprint density at radius 2 is 1.93 bits per heavy atom. The van der Waals surface area contributed by atoms with Gasteiger partial charge in [-0.05, 0) is 30.2 Å². The molecule has 1 aliphatic carbocycles. The number of aliphatic imine (C=N–C) groups is 1. The molecule has 1 N–H and O–H groups in total. The van der Waals surface area contributed by atoms with E-state index in [-0.39, 0.29) is 24.0 Å². The molecule has 0 amide bonds. The highest BCUT2D eigenvalue weighted by molar-refractivity contribution is 14.0. The molecule has 0 atom stereocenters. The van der Waals surface area contributed by atoms with Crippen molar-refractivity contribution in [2.75, 3.05) is 26.7 Å². The third kappa shape index (κ3) is 5.53. The zero-order valence-electron chi connectivity index (χ0n) is 17.5. The van der Waals surface area contributed by atoms with Crippen molar-refractivity contribution >= 4 is 29.9 Å². The molecule has 4 rings (SSSR count). The summed E-state index contributed by atoms with van der Waals surface area (Å²) in [6.45, 7) is 4.05. The quantitative estimate of drug-likeness (QED) is 0.373. The van der Waals surface area contributed by atoms with Gasteiger partial charge in [0.1, 0.15) is 5.82 Å². The lowest BCUT2D eigenvalue weighted by Crippen LogP contribution is -2.42. The van der Waals surface area contributed by atoms with Gasteiger partial charge < -0.3 is 14.8 Å². The van der Waals surface area contributed by atoms with Gasteiger partial charge >= 0.3 is 0 Å². The molecule has 158 valence electrons. The molecule has 0 radical (unpaired) electrons. The van der Waals surface area contributed by atoms with E-state index in [1.807, 2.05) is 13.2 Å². The molecule has 1 spiro atoms. The Morgan fingerprint density at radius 1 is 1.14 bits per heavy atom. The first-order valence-corrected chi connectivity index (χ1v) is 10.8. The van der Waals surface area contributed by atoms with Gasteiger partial charge in [0.15, 0.2) is 5.96 Å². The van der Waals surface area contributed by atoms with E-state index in [0.29, 0.717) is 5.41 Å². The largest absolute Gasteiger partial charge is 0.356 e. The average Bonchev–Trinajstić information content (AvgIpc) is 3.34. The maximum Gasteiger partial charge on any atom is 0.193 e. The first-order chi connectivity index (χ1) is 13.8. The number of nitrogens with one attached hydrogen (secondary N) is 1. The number of halogens is 1. The Bertz CT molecular complexity index is 780. The molecule has 1 aromatic carbocycles. The van der Waals surface area contributed by atoms with Gasteiger partial charge in [0.2, 0.25) is 0 Å². The fourth-order valence-electron chi connectivity index (χ4n) is 4.94. The van der Waals surface area contributed by atoms with Gasteiger partial charge in [-0.3, -0.25) is 4.99 Å². The van der Waals surface area contributed by atoms with Crippen LogP contribution in [0, 0.1) is 5.41 Å². The van der Waals surface area contributed by atoms with Crippen molar-refractivity contribution in [1.29, 1.82) is 0 Å². The van der Waals surface area contributed by atoms with Gasteiger partial charge in [0.25, 0.3) is 0 Å². The van der Waals surface area contributed by atoms with Gasteiger partial charge in [-0.15, -0.1) is 24.0 Å². The summed E-state index contributed by atoms with van der Waals surface area (Å²) in [7, 11) is 1.91. The third-order valence-corrected chi connectivity index (χ3v) is 6.49. The topological polar surface area (TPSA) is 45.5 Å². The number of likely N-dealkylation sites (tertiary alicyclic amines) is 1. The number of hydrogen-bond donors (Lipinski definition) is 1. The van der Waals surface area contributed by atoms with Crippen LogP contribution in [0.4, 0.5) is 0 Å². The normalized spacial score (nSPS) is 18.7. The lowest BCUT2D eigenvalue weighted by molar-refractivity contribution is 0.203. The number of imidazole rings is 1. The molecule has 29 heavy (non-hydrogen) atoms. The number of rotatable bonds is 5. The highest BCUT2D eigenvalue weighted by Crippen LogP contribution is 2.43. The first-order valence-electron chi connectivity index (χ1n) is 10.8. The summed E-state index contributed by atoms with van der Waals surface area (Å²) in [6.07, 6.45) is 13.2. The Labute approximate surface area is 192 Å². The van der Waals surface area contributed by atoms with Crippen molar-refractivity contribution in [1.82, 2.24) is 19.8 Å². The van der Waals surface area contributed by atoms with E-state index >= 15 is 0 Å². The van der Waals surface area contributed by atoms with E-state index in [1.54, 1.807) is 0 Å². The fourth-order valence-corrected chi connectivity index (χ4v) is 4.94. The van der Waals surface area contributed by atoms with E-state index in [4.69, 9.17) is 0 Å². The molecule has 1 aromatic heterocycles. The maximum absolute atomic E-state index is 4.57. The summed E-state index contributed by atoms with van der Waals surface area (Å²) >= 11 is 0. The third-order valence-electron chi connectivity index (χ3n) is 6.49. The van der Waals surface area contributed by atoms with Crippen LogP contribution in [0.5, 0.6) is 0 Å². The van der Waals surface area contributed by atoms with E-state index < -0.39 is 0 Å². The first kappa shape index (κ1) is 22.1. The summed E-state index contributed by atoms with van der Waals surface area (Å²) in [6, 6.07) is 10.6. The highest BCUT2D eigenvalue weighted by Gasteiger charge is 2.39. The van der Waals surface area contributed by atoms with E-state index in [2.05, 4.69) is 61.3 Å². The van der Waals surface area contributed by atoms with Gasteiger partial charge in [-0.1, -0.05) is 49.6 Å². The minimum atomic E-state index is 0. The van der Waals surface area contributed by atoms with Crippen LogP contribution in [0.2, 0.25) is 0 Å². The Hall–Kier alpha value is -1.57. The average molecular weight is 507 g/mol. The maximum atomic E-state index is 4.57. The van der Waals surface area contributed by atoms with Crippen LogP contribution < -0.4 is 5.32 Å². The predicted molar refractivity (Wildman–Crippen MR) is 130 cm³/mol. The Kier molecular flexibility index (Phi) is 7.98. The molecule has 2 aromatic rings. The second-order valence-corrected chi connectivity index (χ2v) is 8.41. The van der Waals surface area contributed by atoms with E-state index in [1.165, 1.54) is 50.6 Å². The Balaban J connectivity index is 0.00000240. The van der Waals surface area contributed by atoms with Crippen molar-refractivity contribution < 1.29 is 0 Å². The molecular weight excluding hydrogens is 473 g/mol. The number of guanidine groups is 1. The number of aromatic nitrogens is 2. The van der Waals surface area contributed by atoms with Gasteiger partial charge in [0, 0.05) is 52.0 Å².